The Labute approximate surface area is 156 Å². The van der Waals surface area contributed by atoms with Crippen LogP contribution in [0.15, 0.2) is 53.6 Å². The lowest BCUT2D eigenvalue weighted by Crippen LogP contribution is -2.38. The molecule has 1 aliphatic rings. The van der Waals surface area contributed by atoms with Gasteiger partial charge in [0, 0.05) is 40.9 Å². The van der Waals surface area contributed by atoms with Crippen molar-refractivity contribution < 1.29 is 4.79 Å². The van der Waals surface area contributed by atoms with Gasteiger partial charge in [-0.25, -0.2) is 4.98 Å². The zero-order valence-corrected chi connectivity index (χ0v) is 15.3. The summed E-state index contributed by atoms with van der Waals surface area (Å²) in [5.74, 6) is 0.374. The number of pyridine rings is 1. The minimum atomic E-state index is -0.283. The highest BCUT2D eigenvalue weighted by atomic mass is 16.2. The lowest BCUT2D eigenvalue weighted by molar-refractivity contribution is -0.118. The Balaban J connectivity index is 1.64. The predicted molar refractivity (Wildman–Crippen MR) is 104 cm³/mol. The number of aryl methyl sites for hydroxylation is 1. The van der Waals surface area contributed by atoms with Crippen LogP contribution in [0.2, 0.25) is 0 Å². The molecule has 2 aromatic heterocycles. The molecule has 1 N–H and O–H groups in total. The van der Waals surface area contributed by atoms with Gasteiger partial charge in [-0.2, -0.15) is 0 Å². The van der Waals surface area contributed by atoms with Crippen LogP contribution in [0.1, 0.15) is 23.7 Å². The molecule has 0 aliphatic carbocycles. The molecule has 27 heavy (non-hydrogen) atoms. The van der Waals surface area contributed by atoms with Crippen molar-refractivity contribution in [1.82, 2.24) is 15.0 Å². The van der Waals surface area contributed by atoms with Crippen LogP contribution in [0.3, 0.4) is 0 Å². The quantitative estimate of drug-likeness (QED) is 0.779. The maximum atomic E-state index is 13.0. The van der Waals surface area contributed by atoms with Crippen LogP contribution in [-0.2, 0) is 17.6 Å². The number of carbonyl (C=O) groups is 1. The standard InChI is InChI=1S/C21H20N4O2/c1-13-10-15-6-3-4-8-18(15)25(13)19(26)11-17-14(2)23-20(24-21(17)27)16-7-5-9-22-12-16/h3-9,12-13H,10-11H2,1-2H3,(H,23,24,27). The summed E-state index contributed by atoms with van der Waals surface area (Å²) in [7, 11) is 0. The number of anilines is 1. The molecule has 1 amide bonds. The van der Waals surface area contributed by atoms with Crippen LogP contribution < -0.4 is 10.5 Å². The second kappa shape index (κ2) is 6.79. The van der Waals surface area contributed by atoms with Gasteiger partial charge in [0.2, 0.25) is 5.91 Å². The number of carbonyl (C=O) groups excluding carboxylic acids is 1. The molecule has 0 saturated carbocycles. The molecule has 0 radical (unpaired) electrons. The summed E-state index contributed by atoms with van der Waals surface area (Å²) in [6.45, 7) is 3.79. The van der Waals surface area contributed by atoms with Gasteiger partial charge in [-0.15, -0.1) is 0 Å². The van der Waals surface area contributed by atoms with Crippen molar-refractivity contribution in [3.05, 3.63) is 76.0 Å². The van der Waals surface area contributed by atoms with E-state index in [0.717, 1.165) is 23.2 Å². The molecule has 1 unspecified atom stereocenters. The first-order valence-electron chi connectivity index (χ1n) is 8.94. The van der Waals surface area contributed by atoms with E-state index < -0.39 is 0 Å². The van der Waals surface area contributed by atoms with Crippen LogP contribution in [-0.4, -0.2) is 26.9 Å². The van der Waals surface area contributed by atoms with Crippen LogP contribution in [0, 0.1) is 6.92 Å². The fraction of sp³-hybridized carbons (Fsp3) is 0.238. The van der Waals surface area contributed by atoms with E-state index >= 15 is 0 Å². The molecule has 0 bridgehead atoms. The summed E-state index contributed by atoms with van der Waals surface area (Å²) < 4.78 is 0. The first-order valence-corrected chi connectivity index (χ1v) is 8.94. The van der Waals surface area contributed by atoms with Crippen LogP contribution in [0.4, 0.5) is 5.69 Å². The zero-order chi connectivity index (χ0) is 19.0. The molecule has 6 heteroatoms. The van der Waals surface area contributed by atoms with Crippen molar-refractivity contribution in [1.29, 1.82) is 0 Å². The Hall–Kier alpha value is -3.28. The number of H-pyrrole nitrogens is 1. The average molecular weight is 360 g/mol. The van der Waals surface area contributed by atoms with Gasteiger partial charge in [-0.05, 0) is 44.0 Å². The van der Waals surface area contributed by atoms with E-state index in [9.17, 15) is 9.59 Å². The molecular formula is C21H20N4O2. The lowest BCUT2D eigenvalue weighted by Gasteiger charge is -2.23. The average Bonchev–Trinajstić information content (AvgIpc) is 3.01. The van der Waals surface area contributed by atoms with E-state index in [1.165, 1.54) is 0 Å². The Morgan fingerprint density at radius 1 is 1.26 bits per heavy atom. The van der Waals surface area contributed by atoms with Crippen LogP contribution in [0.5, 0.6) is 0 Å². The minimum absolute atomic E-state index is 0.0279. The SMILES string of the molecule is Cc1nc(-c2cccnc2)[nH]c(=O)c1CC(=O)N1c2ccccc2CC1C. The molecule has 0 saturated heterocycles. The summed E-state index contributed by atoms with van der Waals surface area (Å²) in [5, 5.41) is 0. The van der Waals surface area contributed by atoms with Crippen molar-refractivity contribution in [3.63, 3.8) is 0 Å². The molecule has 3 heterocycles. The highest BCUT2D eigenvalue weighted by Gasteiger charge is 2.31. The van der Waals surface area contributed by atoms with Crippen molar-refractivity contribution in [2.24, 2.45) is 0 Å². The molecule has 0 fully saturated rings. The molecule has 136 valence electrons. The van der Waals surface area contributed by atoms with Gasteiger partial charge in [-0.3, -0.25) is 14.6 Å². The number of amides is 1. The molecule has 1 atom stereocenters. The molecule has 6 nitrogen and oxygen atoms in total. The monoisotopic (exact) mass is 360 g/mol. The van der Waals surface area contributed by atoms with Gasteiger partial charge in [-0.1, -0.05) is 18.2 Å². The maximum absolute atomic E-state index is 13.0. The Morgan fingerprint density at radius 3 is 2.81 bits per heavy atom. The Kier molecular flexibility index (Phi) is 4.32. The third kappa shape index (κ3) is 3.14. The number of aromatic amines is 1. The highest BCUT2D eigenvalue weighted by molar-refractivity contribution is 5.97. The number of hydrogen-bond donors (Lipinski definition) is 1. The van der Waals surface area contributed by atoms with Crippen LogP contribution in [0.25, 0.3) is 11.4 Å². The third-order valence-electron chi connectivity index (χ3n) is 4.96. The van der Waals surface area contributed by atoms with Crippen LogP contribution >= 0.6 is 0 Å². The number of benzene rings is 1. The maximum Gasteiger partial charge on any atom is 0.255 e. The fourth-order valence-corrected chi connectivity index (χ4v) is 3.64. The Bertz CT molecular complexity index is 1060. The van der Waals surface area contributed by atoms with E-state index in [0.29, 0.717) is 17.1 Å². The van der Waals surface area contributed by atoms with Gasteiger partial charge in [0.15, 0.2) is 0 Å². The summed E-state index contributed by atoms with van der Waals surface area (Å²) >= 11 is 0. The van der Waals surface area contributed by atoms with Crippen molar-refractivity contribution in [3.8, 4) is 11.4 Å². The normalized spacial score (nSPS) is 15.6. The topological polar surface area (TPSA) is 79.0 Å². The van der Waals surface area contributed by atoms with Gasteiger partial charge in [0.25, 0.3) is 5.56 Å². The van der Waals surface area contributed by atoms with Gasteiger partial charge in [0.05, 0.1) is 6.42 Å². The first kappa shape index (κ1) is 17.1. The number of aromatic nitrogens is 3. The largest absolute Gasteiger partial charge is 0.309 e. The third-order valence-corrected chi connectivity index (χ3v) is 4.96. The van der Waals surface area contributed by atoms with Crippen molar-refractivity contribution >= 4 is 11.6 Å². The number of rotatable bonds is 3. The molecule has 1 aliphatic heterocycles. The van der Waals surface area contributed by atoms with E-state index in [2.05, 4.69) is 15.0 Å². The van der Waals surface area contributed by atoms with Crippen molar-refractivity contribution in [2.45, 2.75) is 32.7 Å². The minimum Gasteiger partial charge on any atom is -0.309 e. The van der Waals surface area contributed by atoms with E-state index in [1.54, 1.807) is 30.3 Å². The lowest BCUT2D eigenvalue weighted by atomic mass is 10.1. The molecule has 0 spiro atoms. The fourth-order valence-electron chi connectivity index (χ4n) is 3.64. The van der Waals surface area contributed by atoms with E-state index in [1.807, 2.05) is 37.3 Å². The highest BCUT2D eigenvalue weighted by Crippen LogP contribution is 2.32. The Morgan fingerprint density at radius 2 is 2.07 bits per heavy atom. The first-order chi connectivity index (χ1) is 13.0. The van der Waals surface area contributed by atoms with E-state index in [4.69, 9.17) is 0 Å². The zero-order valence-electron chi connectivity index (χ0n) is 15.3. The number of hydrogen-bond acceptors (Lipinski definition) is 4. The molecule has 1 aromatic carbocycles. The molecule has 4 rings (SSSR count). The van der Waals surface area contributed by atoms with Gasteiger partial charge in [0.1, 0.15) is 5.82 Å². The second-order valence-corrected chi connectivity index (χ2v) is 6.84. The number of para-hydroxylation sites is 1. The number of nitrogens with one attached hydrogen (secondary N) is 1. The number of fused-ring (bicyclic) bond motifs is 1. The smallest absolute Gasteiger partial charge is 0.255 e. The number of nitrogens with zero attached hydrogens (tertiary/aromatic N) is 3. The summed E-state index contributed by atoms with van der Waals surface area (Å²) in [6.07, 6.45) is 4.16. The van der Waals surface area contributed by atoms with Gasteiger partial charge < -0.3 is 9.88 Å². The summed E-state index contributed by atoms with van der Waals surface area (Å²) in [4.78, 5) is 38.7. The van der Waals surface area contributed by atoms with E-state index in [-0.39, 0.29) is 23.9 Å². The second-order valence-electron chi connectivity index (χ2n) is 6.84. The molecular weight excluding hydrogens is 340 g/mol. The van der Waals surface area contributed by atoms with Gasteiger partial charge >= 0.3 is 0 Å². The summed E-state index contributed by atoms with van der Waals surface area (Å²) in [6, 6.07) is 11.6. The molecule has 3 aromatic rings. The predicted octanol–water partition coefficient (Wildman–Crippen LogP) is 2.66. The van der Waals surface area contributed by atoms with Crippen molar-refractivity contribution in [2.75, 3.05) is 4.90 Å². The summed E-state index contributed by atoms with van der Waals surface area (Å²) in [5.41, 5.74) is 3.51.